The fraction of sp³-hybridized carbons (Fsp3) is 0.533. The number of fused-ring (bicyclic) bond motifs is 1. The Morgan fingerprint density at radius 1 is 1.52 bits per heavy atom. The van der Waals surface area contributed by atoms with Crippen LogP contribution >= 0.6 is 11.3 Å². The van der Waals surface area contributed by atoms with E-state index in [9.17, 15) is 9.59 Å². The average molecular weight is 335 g/mol. The largest absolute Gasteiger partial charge is 0.354 e. The van der Waals surface area contributed by atoms with Crippen LogP contribution in [0.15, 0.2) is 6.07 Å². The third-order valence-electron chi connectivity index (χ3n) is 4.09. The van der Waals surface area contributed by atoms with E-state index in [-0.39, 0.29) is 11.8 Å². The molecule has 1 atom stereocenters. The first kappa shape index (κ1) is 15.9. The number of aromatic nitrogens is 2. The normalized spacial score (nSPS) is 16.1. The van der Waals surface area contributed by atoms with Gasteiger partial charge in [-0.3, -0.25) is 14.3 Å². The van der Waals surface area contributed by atoms with E-state index in [1.54, 1.807) is 11.6 Å². The number of hydrogen-bond donors (Lipinski definition) is 3. The first-order chi connectivity index (χ1) is 11.0. The number of amides is 2. The molecule has 0 bridgehead atoms. The standard InChI is InChI=1S/C15H21N5O2S/c1-8-11-4-12(23-15(11)20(3)19-8)14(22)18-9(2)13(21)17-7-10-5-16-6-10/h4,9-10,16H,5-7H2,1-3H3,(H,17,21)(H,18,22). The van der Waals surface area contributed by atoms with Gasteiger partial charge in [0, 0.05) is 38.0 Å². The highest BCUT2D eigenvalue weighted by Crippen LogP contribution is 2.27. The second kappa shape index (κ2) is 6.29. The van der Waals surface area contributed by atoms with Crippen molar-refractivity contribution in [3.8, 4) is 0 Å². The summed E-state index contributed by atoms with van der Waals surface area (Å²) in [5.74, 6) is 0.127. The van der Waals surface area contributed by atoms with Crippen molar-refractivity contribution in [3.05, 3.63) is 16.6 Å². The molecule has 8 heteroatoms. The molecule has 0 radical (unpaired) electrons. The molecule has 124 valence electrons. The lowest BCUT2D eigenvalue weighted by molar-refractivity contribution is -0.122. The molecule has 1 aliphatic heterocycles. The monoisotopic (exact) mass is 335 g/mol. The summed E-state index contributed by atoms with van der Waals surface area (Å²) in [5.41, 5.74) is 0.901. The Hall–Kier alpha value is -1.93. The van der Waals surface area contributed by atoms with E-state index < -0.39 is 6.04 Å². The minimum absolute atomic E-state index is 0.149. The zero-order chi connectivity index (χ0) is 16.6. The van der Waals surface area contributed by atoms with Crippen molar-refractivity contribution < 1.29 is 9.59 Å². The SMILES string of the molecule is Cc1nn(C)c2sc(C(=O)NC(C)C(=O)NCC3CNC3)cc12. The van der Waals surface area contributed by atoms with Gasteiger partial charge >= 0.3 is 0 Å². The van der Waals surface area contributed by atoms with Crippen molar-refractivity contribution in [1.29, 1.82) is 0 Å². The Bertz CT molecular complexity index is 712. The van der Waals surface area contributed by atoms with Gasteiger partial charge < -0.3 is 16.0 Å². The van der Waals surface area contributed by atoms with E-state index in [4.69, 9.17) is 0 Å². The second-order valence-electron chi connectivity index (χ2n) is 6.00. The number of aryl methyl sites for hydroxylation is 2. The lowest BCUT2D eigenvalue weighted by Gasteiger charge is -2.27. The Labute approximate surface area is 138 Å². The van der Waals surface area contributed by atoms with E-state index in [2.05, 4.69) is 21.0 Å². The number of carbonyl (C=O) groups is 2. The summed E-state index contributed by atoms with van der Waals surface area (Å²) in [7, 11) is 1.86. The van der Waals surface area contributed by atoms with Gasteiger partial charge in [-0.2, -0.15) is 5.10 Å². The molecule has 2 aromatic heterocycles. The maximum Gasteiger partial charge on any atom is 0.262 e. The summed E-state index contributed by atoms with van der Waals surface area (Å²) in [5, 5.41) is 14.1. The Balaban J connectivity index is 1.60. The molecule has 1 saturated heterocycles. The molecule has 1 unspecified atom stereocenters. The van der Waals surface area contributed by atoms with E-state index >= 15 is 0 Å². The highest BCUT2D eigenvalue weighted by Gasteiger charge is 2.22. The van der Waals surface area contributed by atoms with Crippen LogP contribution in [-0.2, 0) is 11.8 Å². The minimum Gasteiger partial charge on any atom is -0.354 e. The van der Waals surface area contributed by atoms with Crippen molar-refractivity contribution in [2.45, 2.75) is 19.9 Å². The molecule has 0 spiro atoms. The quantitative estimate of drug-likeness (QED) is 0.738. The van der Waals surface area contributed by atoms with E-state index in [0.29, 0.717) is 17.3 Å². The summed E-state index contributed by atoms with van der Waals surface area (Å²) in [4.78, 5) is 25.9. The molecular formula is C15H21N5O2S. The van der Waals surface area contributed by atoms with Crippen molar-refractivity contribution >= 4 is 33.4 Å². The number of hydrogen-bond acceptors (Lipinski definition) is 5. The van der Waals surface area contributed by atoms with E-state index in [1.165, 1.54) is 11.3 Å². The highest BCUT2D eigenvalue weighted by molar-refractivity contribution is 7.20. The van der Waals surface area contributed by atoms with Gasteiger partial charge in [0.2, 0.25) is 5.91 Å². The van der Waals surface area contributed by atoms with Crippen LogP contribution in [0.2, 0.25) is 0 Å². The van der Waals surface area contributed by atoms with Crippen LogP contribution < -0.4 is 16.0 Å². The molecule has 1 fully saturated rings. The summed E-state index contributed by atoms with van der Waals surface area (Å²) in [6.45, 7) is 6.15. The average Bonchev–Trinajstić information content (AvgIpc) is 2.99. The summed E-state index contributed by atoms with van der Waals surface area (Å²) >= 11 is 1.39. The molecule has 2 amide bonds. The lowest BCUT2D eigenvalue weighted by atomic mass is 10.0. The maximum absolute atomic E-state index is 12.3. The van der Waals surface area contributed by atoms with E-state index in [1.807, 2.05) is 20.0 Å². The van der Waals surface area contributed by atoms with Crippen LogP contribution in [-0.4, -0.2) is 47.3 Å². The Morgan fingerprint density at radius 3 is 2.87 bits per heavy atom. The molecule has 0 saturated carbocycles. The van der Waals surface area contributed by atoms with Crippen molar-refractivity contribution in [2.75, 3.05) is 19.6 Å². The molecule has 7 nitrogen and oxygen atoms in total. The first-order valence-corrected chi connectivity index (χ1v) is 8.49. The van der Waals surface area contributed by atoms with Crippen LogP contribution in [0.1, 0.15) is 22.3 Å². The van der Waals surface area contributed by atoms with Crippen LogP contribution in [0.3, 0.4) is 0 Å². The first-order valence-electron chi connectivity index (χ1n) is 7.68. The fourth-order valence-electron chi connectivity index (χ4n) is 2.54. The maximum atomic E-state index is 12.3. The van der Waals surface area contributed by atoms with Crippen molar-refractivity contribution in [3.63, 3.8) is 0 Å². The van der Waals surface area contributed by atoms with Gasteiger partial charge in [0.05, 0.1) is 10.6 Å². The third kappa shape index (κ3) is 3.23. The minimum atomic E-state index is -0.556. The molecule has 0 aliphatic carbocycles. The van der Waals surface area contributed by atoms with Gasteiger partial charge in [-0.25, -0.2) is 0 Å². The number of carbonyl (C=O) groups excluding carboxylic acids is 2. The predicted octanol–water partition coefficient (Wildman–Crippen LogP) is 0.397. The summed E-state index contributed by atoms with van der Waals surface area (Å²) < 4.78 is 1.77. The third-order valence-corrected chi connectivity index (χ3v) is 5.29. The van der Waals surface area contributed by atoms with Crippen LogP contribution in [0.5, 0.6) is 0 Å². The smallest absolute Gasteiger partial charge is 0.262 e. The Morgan fingerprint density at radius 2 is 2.26 bits per heavy atom. The molecule has 3 heterocycles. The molecule has 2 aromatic rings. The number of thiophene rings is 1. The topological polar surface area (TPSA) is 88.0 Å². The van der Waals surface area contributed by atoms with Gasteiger partial charge in [-0.15, -0.1) is 11.3 Å². The van der Waals surface area contributed by atoms with Gasteiger partial charge in [0.1, 0.15) is 10.9 Å². The Kier molecular flexibility index (Phi) is 4.36. The van der Waals surface area contributed by atoms with Gasteiger partial charge in [-0.1, -0.05) is 0 Å². The zero-order valence-electron chi connectivity index (χ0n) is 13.5. The van der Waals surface area contributed by atoms with Crippen molar-refractivity contribution in [1.82, 2.24) is 25.7 Å². The van der Waals surface area contributed by atoms with Gasteiger partial charge in [0.25, 0.3) is 5.91 Å². The molecule has 3 rings (SSSR count). The number of rotatable bonds is 5. The van der Waals surface area contributed by atoms with Crippen LogP contribution in [0.25, 0.3) is 10.2 Å². The lowest BCUT2D eigenvalue weighted by Crippen LogP contribution is -2.51. The van der Waals surface area contributed by atoms with E-state index in [0.717, 1.165) is 29.0 Å². The molecule has 23 heavy (non-hydrogen) atoms. The van der Waals surface area contributed by atoms with Crippen molar-refractivity contribution in [2.24, 2.45) is 13.0 Å². The predicted molar refractivity (Wildman–Crippen MR) is 89.6 cm³/mol. The number of nitrogens with zero attached hydrogens (tertiary/aromatic N) is 2. The highest BCUT2D eigenvalue weighted by atomic mass is 32.1. The summed E-state index contributed by atoms with van der Waals surface area (Å²) in [6, 6.07) is 1.28. The molecule has 1 aliphatic rings. The molecule has 3 N–H and O–H groups in total. The van der Waals surface area contributed by atoms with Crippen LogP contribution in [0, 0.1) is 12.8 Å². The van der Waals surface area contributed by atoms with Crippen LogP contribution in [0.4, 0.5) is 0 Å². The molecular weight excluding hydrogens is 314 g/mol. The second-order valence-corrected chi connectivity index (χ2v) is 7.03. The van der Waals surface area contributed by atoms with Gasteiger partial charge in [-0.05, 0) is 19.9 Å². The fourth-order valence-corrected chi connectivity index (χ4v) is 3.57. The summed E-state index contributed by atoms with van der Waals surface area (Å²) in [6.07, 6.45) is 0. The zero-order valence-corrected chi connectivity index (χ0v) is 14.3. The number of nitrogens with one attached hydrogen (secondary N) is 3. The van der Waals surface area contributed by atoms with Gasteiger partial charge in [0.15, 0.2) is 0 Å². The molecule has 0 aromatic carbocycles.